The molecule has 0 spiro atoms. The fraction of sp³-hybridized carbons (Fsp3) is 0.533. The van der Waals surface area contributed by atoms with E-state index in [9.17, 15) is 157 Å². The van der Waals surface area contributed by atoms with Crippen LogP contribution in [0.3, 0.4) is 0 Å². The number of benzene rings is 4. The molecule has 3 aliphatic heterocycles. The maximum atomic E-state index is 14.6. The van der Waals surface area contributed by atoms with Crippen LogP contribution in [0, 0.1) is 5.92 Å². The van der Waals surface area contributed by atoms with Crippen molar-refractivity contribution in [2.24, 2.45) is 28.9 Å². The second kappa shape index (κ2) is 53.7. The van der Waals surface area contributed by atoms with Gasteiger partial charge in [-0.2, -0.15) is 50.0 Å². The number of nitrogens with zero attached hydrogens (tertiary/aromatic N) is 4. The fourth-order valence-electron chi connectivity index (χ4n) is 17.6. The number of primary amides is 2. The van der Waals surface area contributed by atoms with Crippen LogP contribution in [0.1, 0.15) is 181 Å². The summed E-state index contributed by atoms with van der Waals surface area (Å²) in [7, 11) is -22.3. The van der Waals surface area contributed by atoms with Crippen molar-refractivity contribution in [3.8, 4) is 0 Å². The van der Waals surface area contributed by atoms with E-state index in [1.54, 1.807) is 80.5 Å². The molecule has 57 heteroatoms. The molecule has 1 fully saturated rings. The highest BCUT2D eigenvalue weighted by Gasteiger charge is 2.48. The summed E-state index contributed by atoms with van der Waals surface area (Å²) in [5, 5.41) is 61.3. The van der Waals surface area contributed by atoms with Crippen molar-refractivity contribution in [2.45, 2.75) is 256 Å². The Hall–Kier alpha value is -12.6. The topological polar surface area (TPSA) is 831 Å². The van der Waals surface area contributed by atoms with Crippen molar-refractivity contribution in [1.29, 1.82) is 0 Å². The standard InChI is InChI=1S/C92H129N17O34S6/c1-9-51(2)79(88(126)101-62(38-44-144-8)84(122)103-64(50-76(117)118)86(124)99-58(28-34-71(94)110)81(119)97-59(29-35-72(95)111)83(121)102-63(90(128)129)19-13-14-39-93)105-85(123)61(31-37-75(115)116)98-82(120)60(30-36-74(113)114)100-87(125)67-20-15-41-109(67)89(127)80(96)104-73(112)23-16-40-106(7)147(136,137)53-26-24-52-25-32-65-77(56(52)47-53)91(3,4)69(107(65)42-17-45-145(130,131)132)21-11-10-12-22-70-92(5,6)78-57-48-54(148(138,139)140)49-68(149(141,142)143)55(57)27-33-66(78)108(70)43-18-46-146(133,134)135/h10-12,21-22,24-27,32-33,47-49,51,58-64,67,79-80H,9,13-20,23,28-31,34-46,50,93,96H2,1-8H3,(H20-,94,95,97,98,99,100,101,102,103,104,105,110,111,112,113,114,115,116,117,118,119,120,121,122,123,124,125,126,128,129,130,131,132,133,134,135,138,139,140,141,142,143)/p+1/t51-,58-,59-,60-,61-,62-,63-,64-,67-,79-,80-/m0/s1. The van der Waals surface area contributed by atoms with Gasteiger partial charge in [-0.05, 0) is 180 Å². The number of carboxylic acid groups (broad SMARTS) is 4. The number of hydrogen-bond donors (Lipinski definition) is 21. The number of carboxylic acids is 4. The zero-order valence-corrected chi connectivity index (χ0v) is 87.9. The van der Waals surface area contributed by atoms with Gasteiger partial charge in [-0.3, -0.25) is 90.1 Å². The van der Waals surface area contributed by atoms with Crippen LogP contribution < -0.4 is 75.7 Å². The molecular weight excluding hydrogens is 2080 g/mol. The van der Waals surface area contributed by atoms with E-state index in [4.69, 9.17) is 22.9 Å². The van der Waals surface area contributed by atoms with Gasteiger partial charge in [0.2, 0.25) is 80.7 Å². The van der Waals surface area contributed by atoms with Gasteiger partial charge in [0.15, 0.2) is 11.9 Å². The normalized spacial score (nSPS) is 16.9. The maximum Gasteiger partial charge on any atom is 0.326 e. The first-order valence-electron chi connectivity index (χ1n) is 47.3. The molecule has 0 saturated carbocycles. The van der Waals surface area contributed by atoms with Gasteiger partial charge in [0.1, 0.15) is 65.8 Å². The number of allylic oxidation sites excluding steroid dienone is 6. The number of rotatable bonds is 61. The van der Waals surface area contributed by atoms with E-state index in [0.717, 1.165) is 27.0 Å². The summed E-state index contributed by atoms with van der Waals surface area (Å²) in [5.74, 6) is -21.8. The summed E-state index contributed by atoms with van der Waals surface area (Å²) in [6.07, 6.45) is 0.861. The smallest absolute Gasteiger partial charge is 0.326 e. The highest BCUT2D eigenvalue weighted by atomic mass is 32.2. The minimum Gasteiger partial charge on any atom is -0.481 e. The minimum absolute atomic E-state index is 0.00295. The number of anilines is 1. The molecule has 0 aliphatic carbocycles. The molecule has 11 atom stereocenters. The van der Waals surface area contributed by atoms with Crippen LogP contribution >= 0.6 is 11.8 Å². The van der Waals surface area contributed by atoms with E-state index in [0.29, 0.717) is 57.2 Å². The number of likely N-dealkylation sites (tertiary alicyclic amines) is 1. The van der Waals surface area contributed by atoms with Crippen molar-refractivity contribution >= 4 is 196 Å². The van der Waals surface area contributed by atoms with Gasteiger partial charge in [0.25, 0.3) is 46.4 Å². The Bertz CT molecular complexity index is 6520. The molecule has 822 valence electrons. The average Bonchev–Trinajstić information content (AvgIpc) is 1.57. The van der Waals surface area contributed by atoms with Crippen molar-refractivity contribution < 1.29 is 162 Å². The van der Waals surface area contributed by atoms with Gasteiger partial charge < -0.3 is 101 Å². The second-order valence-electron chi connectivity index (χ2n) is 37.1. The lowest BCUT2D eigenvalue weighted by Crippen LogP contribution is -2.61. The molecule has 4 aromatic rings. The minimum atomic E-state index is -5.12. The number of carbonyl (C=O) groups excluding carboxylic acids is 12. The number of carbonyl (C=O) groups is 16. The highest BCUT2D eigenvalue weighted by molar-refractivity contribution is 7.98. The van der Waals surface area contributed by atoms with E-state index >= 15 is 0 Å². The molecule has 25 N–H and O–H groups in total. The molecular formula is C92H130N17O34S6+. The summed E-state index contributed by atoms with van der Waals surface area (Å²) in [6.45, 7) is 9.80. The summed E-state index contributed by atoms with van der Waals surface area (Å²) >= 11 is 1.15. The number of nitrogens with two attached hydrogens (primary N) is 4. The van der Waals surface area contributed by atoms with Crippen LogP contribution in [-0.2, 0) is 138 Å². The molecule has 4 aromatic carbocycles. The molecule has 0 bridgehead atoms. The van der Waals surface area contributed by atoms with E-state index in [1.807, 2.05) is 18.4 Å². The van der Waals surface area contributed by atoms with Gasteiger partial charge in [0, 0.05) is 105 Å². The van der Waals surface area contributed by atoms with Crippen LogP contribution in [0.5, 0.6) is 0 Å². The lowest BCUT2D eigenvalue weighted by molar-refractivity contribution is -0.437. The molecule has 7 rings (SSSR count). The first-order chi connectivity index (χ1) is 69.4. The second-order valence-corrected chi connectivity index (χ2v) is 46.1. The molecule has 3 aliphatic rings. The Morgan fingerprint density at radius 2 is 1.07 bits per heavy atom. The van der Waals surface area contributed by atoms with Crippen molar-refractivity contribution in [3.63, 3.8) is 0 Å². The third-order valence-electron chi connectivity index (χ3n) is 25.4. The Morgan fingerprint density at radius 1 is 0.544 bits per heavy atom. The number of aliphatic carboxylic acids is 4. The fourth-order valence-corrected chi connectivity index (χ4v) is 21.6. The number of thioether (sulfide) groups is 1. The Balaban J connectivity index is 1.03. The van der Waals surface area contributed by atoms with Crippen molar-refractivity contribution in [1.82, 2.24) is 57.1 Å². The molecule has 149 heavy (non-hydrogen) atoms. The van der Waals surface area contributed by atoms with E-state index < -0.39 is 308 Å². The molecule has 3 heterocycles. The Labute approximate surface area is 864 Å². The number of hydrogen-bond acceptors (Lipinski definition) is 30. The summed E-state index contributed by atoms with van der Waals surface area (Å²) in [4.78, 5) is 215. The monoisotopic (exact) mass is 2210 g/mol. The van der Waals surface area contributed by atoms with Crippen LogP contribution in [-0.4, -0.2) is 319 Å². The number of amides is 12. The predicted octanol–water partition coefficient (Wildman–Crippen LogP) is -0.368. The first kappa shape index (κ1) is 123. The number of nitrogens with one attached hydrogen (secondary N) is 9. The molecule has 0 radical (unpaired) electrons. The first-order valence-corrected chi connectivity index (χ1v) is 56.2. The summed E-state index contributed by atoms with van der Waals surface area (Å²) < 4.78 is 171. The molecule has 0 unspecified atom stereocenters. The molecule has 51 nitrogen and oxygen atoms in total. The Morgan fingerprint density at radius 3 is 1.60 bits per heavy atom. The van der Waals surface area contributed by atoms with E-state index in [2.05, 4.69) is 47.9 Å². The van der Waals surface area contributed by atoms with Crippen LogP contribution in [0.2, 0.25) is 0 Å². The van der Waals surface area contributed by atoms with Gasteiger partial charge >= 0.3 is 23.9 Å². The maximum absolute atomic E-state index is 14.6. The van der Waals surface area contributed by atoms with E-state index in [-0.39, 0.29) is 112 Å². The lowest BCUT2D eigenvalue weighted by Gasteiger charge is -2.30. The van der Waals surface area contributed by atoms with E-state index in [1.165, 1.54) is 38.2 Å². The quantitative estimate of drug-likeness (QED) is 0.00882. The third-order valence-corrected chi connectivity index (χ3v) is 31.2. The molecule has 0 aromatic heterocycles. The van der Waals surface area contributed by atoms with Crippen molar-refractivity contribution in [3.05, 3.63) is 102 Å². The van der Waals surface area contributed by atoms with Crippen LogP contribution in [0.15, 0.2) is 105 Å². The number of fused-ring (bicyclic) bond motifs is 6. The SMILES string of the molecule is CC[C@H](C)[C@H](NC(=O)[C@H](CCC(=O)O)NC(=O)[C@H](CCC(=O)O)NC(=O)[C@@H]1CCCN1C(=O)[C@@H](N)NC(=O)CCCN(C)S(=O)(=O)c1ccc2ccc3c(c2c1)C(C)(C)C(/C=C/C=C/C=C1\N(CCCS(=O)(=O)O)c2ccc4c(S(=O)(=O)O)cc(S(=O)(=O)O)cc4c2C1(C)C)=[N+]3CCCS(=O)(=O)O)C(=O)N[C@@H](CCSC)C(=O)N[C@@H](CC(=O)O)C(=O)N[C@@H](CCC(N)=O)C(=O)N[C@@H](CCC(N)=O)C(=O)N[C@@H](CCCCN)C(=O)O. The van der Waals surface area contributed by atoms with Crippen LogP contribution in [0.25, 0.3) is 21.5 Å². The zero-order valence-electron chi connectivity index (χ0n) is 83.0. The van der Waals surface area contributed by atoms with Gasteiger partial charge in [-0.1, -0.05) is 64.5 Å². The van der Waals surface area contributed by atoms with Gasteiger partial charge in [-0.15, -0.1) is 0 Å². The Kier molecular flexibility index (Phi) is 44.5. The summed E-state index contributed by atoms with van der Waals surface area (Å²) in [5.41, 5.74) is 23.1. The predicted molar refractivity (Wildman–Crippen MR) is 540 cm³/mol. The zero-order chi connectivity index (χ0) is 112. The van der Waals surface area contributed by atoms with Crippen molar-refractivity contribution in [2.75, 3.05) is 68.2 Å². The number of sulfonamides is 1. The molecule has 1 saturated heterocycles. The third kappa shape index (κ3) is 34.7. The largest absolute Gasteiger partial charge is 0.481 e. The molecule has 12 amide bonds. The lowest BCUT2D eigenvalue weighted by atomic mass is 9.79. The summed E-state index contributed by atoms with van der Waals surface area (Å²) in [6, 6.07) is -3.47. The van der Waals surface area contributed by atoms with Gasteiger partial charge in [-0.25, -0.2) is 17.5 Å². The average molecular weight is 2210 g/mol. The van der Waals surface area contributed by atoms with Crippen LogP contribution in [0.4, 0.5) is 11.4 Å². The van der Waals surface area contributed by atoms with Gasteiger partial charge in [0.05, 0.1) is 33.1 Å². The highest BCUT2D eigenvalue weighted by Crippen LogP contribution is 2.52. The number of unbranched alkanes of at least 4 members (excludes halogenated alkanes) is 1.